The van der Waals surface area contributed by atoms with Crippen LogP contribution in [0.3, 0.4) is 0 Å². The van der Waals surface area contributed by atoms with Gasteiger partial charge in [-0.15, -0.1) is 0 Å². The predicted octanol–water partition coefficient (Wildman–Crippen LogP) is 2.81. The van der Waals surface area contributed by atoms with Crippen LogP contribution in [-0.4, -0.2) is 10.2 Å². The lowest BCUT2D eigenvalue weighted by Gasteiger charge is -2.05. The number of rotatable bonds is 1. The van der Waals surface area contributed by atoms with E-state index >= 15 is 0 Å². The highest BCUT2D eigenvalue weighted by Gasteiger charge is 2.04. The fourth-order valence-corrected chi connectivity index (χ4v) is 1.63. The van der Waals surface area contributed by atoms with Crippen LogP contribution in [0.5, 0.6) is 11.5 Å². The van der Waals surface area contributed by atoms with E-state index in [9.17, 15) is 10.2 Å². The molecule has 0 aromatic heterocycles. The molecule has 0 atom stereocenters. The lowest BCUT2D eigenvalue weighted by Crippen LogP contribution is -1.82. The fourth-order valence-electron chi connectivity index (χ4n) is 1.63. The zero-order valence-corrected chi connectivity index (χ0v) is 7.99. The first-order valence-electron chi connectivity index (χ1n) is 4.66. The smallest absolute Gasteiger partial charge is 0.123 e. The van der Waals surface area contributed by atoms with Crippen LogP contribution in [0.25, 0.3) is 10.8 Å². The van der Waals surface area contributed by atoms with E-state index in [0.717, 1.165) is 17.4 Å². The Kier molecular flexibility index (Phi) is 2.04. The van der Waals surface area contributed by atoms with Gasteiger partial charge in [0.1, 0.15) is 11.5 Å². The van der Waals surface area contributed by atoms with Gasteiger partial charge in [0.2, 0.25) is 0 Å². The molecule has 0 unspecified atom stereocenters. The monoisotopic (exact) mass is 188 g/mol. The molecule has 0 heterocycles. The molecule has 2 aromatic rings. The Morgan fingerprint density at radius 3 is 2.57 bits per heavy atom. The highest BCUT2D eigenvalue weighted by Crippen LogP contribution is 2.30. The van der Waals surface area contributed by atoms with Gasteiger partial charge in [-0.2, -0.15) is 0 Å². The van der Waals surface area contributed by atoms with E-state index in [0.29, 0.717) is 5.39 Å². The van der Waals surface area contributed by atoms with Crippen molar-refractivity contribution in [2.45, 2.75) is 13.3 Å². The van der Waals surface area contributed by atoms with E-state index < -0.39 is 0 Å². The van der Waals surface area contributed by atoms with Crippen molar-refractivity contribution in [2.24, 2.45) is 0 Å². The summed E-state index contributed by atoms with van der Waals surface area (Å²) in [4.78, 5) is 0. The molecule has 2 nitrogen and oxygen atoms in total. The lowest BCUT2D eigenvalue weighted by atomic mass is 10.0. The molecular formula is C12H12O2. The Hall–Kier alpha value is -1.70. The predicted molar refractivity (Wildman–Crippen MR) is 56.7 cm³/mol. The molecule has 0 bridgehead atoms. The van der Waals surface area contributed by atoms with Gasteiger partial charge in [-0.1, -0.05) is 19.1 Å². The first kappa shape index (κ1) is 8.88. The molecule has 0 saturated heterocycles. The summed E-state index contributed by atoms with van der Waals surface area (Å²) in [5.74, 6) is 0.460. The van der Waals surface area contributed by atoms with E-state index in [-0.39, 0.29) is 11.5 Å². The second-order valence-corrected chi connectivity index (χ2v) is 3.33. The van der Waals surface area contributed by atoms with Crippen molar-refractivity contribution >= 4 is 10.8 Å². The molecule has 0 radical (unpaired) electrons. The Balaban J connectivity index is 2.79. The Bertz CT molecular complexity index is 475. The van der Waals surface area contributed by atoms with Gasteiger partial charge in [0.05, 0.1) is 0 Å². The van der Waals surface area contributed by atoms with Crippen LogP contribution in [0.2, 0.25) is 0 Å². The summed E-state index contributed by atoms with van der Waals surface area (Å²) in [5.41, 5.74) is 0.906. The molecule has 14 heavy (non-hydrogen) atoms. The molecule has 72 valence electrons. The second-order valence-electron chi connectivity index (χ2n) is 3.33. The molecule has 0 aliphatic heterocycles. The first-order valence-corrected chi connectivity index (χ1v) is 4.66. The van der Waals surface area contributed by atoms with Crippen LogP contribution in [0.4, 0.5) is 0 Å². The summed E-state index contributed by atoms with van der Waals surface area (Å²) in [5, 5.41) is 20.8. The zero-order chi connectivity index (χ0) is 10.1. The Labute approximate surface area is 82.4 Å². The van der Waals surface area contributed by atoms with Crippen molar-refractivity contribution in [3.05, 3.63) is 35.9 Å². The maximum atomic E-state index is 9.62. The van der Waals surface area contributed by atoms with Crippen LogP contribution in [0.1, 0.15) is 12.5 Å². The summed E-state index contributed by atoms with van der Waals surface area (Å²) in [6.45, 7) is 1.99. The van der Waals surface area contributed by atoms with Gasteiger partial charge in [-0.3, -0.25) is 0 Å². The quantitative estimate of drug-likeness (QED) is 0.722. The van der Waals surface area contributed by atoms with Crippen LogP contribution in [0, 0.1) is 0 Å². The molecule has 0 saturated carbocycles. The van der Waals surface area contributed by atoms with Crippen LogP contribution in [-0.2, 0) is 6.42 Å². The van der Waals surface area contributed by atoms with Crippen molar-refractivity contribution in [1.82, 2.24) is 0 Å². The minimum Gasteiger partial charge on any atom is -0.508 e. The standard InChI is InChI=1S/C12H12O2/c1-2-8-6-9-4-3-5-11(13)10(9)7-12(8)14/h3-7,13-14H,2H2,1H3. The Morgan fingerprint density at radius 2 is 1.86 bits per heavy atom. The van der Waals surface area contributed by atoms with Crippen LogP contribution >= 0.6 is 0 Å². The molecule has 0 spiro atoms. The van der Waals surface area contributed by atoms with Gasteiger partial charge in [-0.05, 0) is 35.6 Å². The van der Waals surface area contributed by atoms with Crippen LogP contribution < -0.4 is 0 Å². The Morgan fingerprint density at radius 1 is 1.07 bits per heavy atom. The van der Waals surface area contributed by atoms with Crippen molar-refractivity contribution in [3.63, 3.8) is 0 Å². The largest absolute Gasteiger partial charge is 0.508 e. The minimum absolute atomic E-state index is 0.209. The van der Waals surface area contributed by atoms with Crippen LogP contribution in [0.15, 0.2) is 30.3 Å². The number of phenols is 2. The maximum Gasteiger partial charge on any atom is 0.123 e. The van der Waals surface area contributed by atoms with Crippen molar-refractivity contribution < 1.29 is 10.2 Å². The van der Waals surface area contributed by atoms with Crippen molar-refractivity contribution in [1.29, 1.82) is 0 Å². The molecular weight excluding hydrogens is 176 g/mol. The first-order chi connectivity index (χ1) is 6.72. The zero-order valence-electron chi connectivity index (χ0n) is 7.99. The van der Waals surface area contributed by atoms with Gasteiger partial charge < -0.3 is 10.2 Å². The van der Waals surface area contributed by atoms with Gasteiger partial charge >= 0.3 is 0 Å². The average Bonchev–Trinajstić information content (AvgIpc) is 2.19. The van der Waals surface area contributed by atoms with Gasteiger partial charge in [-0.25, -0.2) is 0 Å². The molecule has 2 aromatic carbocycles. The molecule has 2 rings (SSSR count). The third-order valence-corrected chi connectivity index (χ3v) is 2.44. The van der Waals surface area contributed by atoms with Crippen molar-refractivity contribution in [3.8, 4) is 11.5 Å². The molecule has 0 aliphatic rings. The SMILES string of the molecule is CCc1cc2cccc(O)c2cc1O. The summed E-state index contributed by atoms with van der Waals surface area (Å²) >= 11 is 0. The molecule has 0 amide bonds. The second kappa shape index (κ2) is 3.22. The number of hydrogen-bond acceptors (Lipinski definition) is 2. The van der Waals surface area contributed by atoms with Gasteiger partial charge in [0.15, 0.2) is 0 Å². The summed E-state index contributed by atoms with van der Waals surface area (Å²) in [7, 11) is 0. The average molecular weight is 188 g/mol. The summed E-state index contributed by atoms with van der Waals surface area (Å²) in [6, 6.07) is 8.86. The van der Waals surface area contributed by atoms with Crippen molar-refractivity contribution in [2.75, 3.05) is 0 Å². The molecule has 2 heteroatoms. The third kappa shape index (κ3) is 1.29. The number of fused-ring (bicyclic) bond motifs is 1. The third-order valence-electron chi connectivity index (χ3n) is 2.44. The topological polar surface area (TPSA) is 40.5 Å². The lowest BCUT2D eigenvalue weighted by molar-refractivity contribution is 0.466. The number of benzene rings is 2. The number of hydrogen-bond donors (Lipinski definition) is 2. The number of phenolic OH excluding ortho intramolecular Hbond substituents is 2. The van der Waals surface area contributed by atoms with E-state index in [1.165, 1.54) is 0 Å². The van der Waals surface area contributed by atoms with E-state index in [2.05, 4.69) is 0 Å². The van der Waals surface area contributed by atoms with E-state index in [1.54, 1.807) is 18.2 Å². The summed E-state index contributed by atoms with van der Waals surface area (Å²) in [6.07, 6.45) is 0.789. The summed E-state index contributed by atoms with van der Waals surface area (Å²) < 4.78 is 0. The normalized spacial score (nSPS) is 10.6. The maximum absolute atomic E-state index is 9.62. The number of aromatic hydroxyl groups is 2. The minimum atomic E-state index is 0.209. The molecule has 0 fully saturated rings. The highest BCUT2D eigenvalue weighted by molar-refractivity contribution is 5.90. The molecule has 0 aliphatic carbocycles. The molecule has 2 N–H and O–H groups in total. The van der Waals surface area contributed by atoms with E-state index in [1.807, 2.05) is 19.1 Å². The van der Waals surface area contributed by atoms with Gasteiger partial charge in [0, 0.05) is 5.39 Å². The number of aryl methyl sites for hydroxylation is 1. The van der Waals surface area contributed by atoms with Gasteiger partial charge in [0.25, 0.3) is 0 Å². The highest BCUT2D eigenvalue weighted by atomic mass is 16.3. The van der Waals surface area contributed by atoms with E-state index in [4.69, 9.17) is 0 Å². The fraction of sp³-hybridized carbons (Fsp3) is 0.167.